The van der Waals surface area contributed by atoms with Gasteiger partial charge in [0.15, 0.2) is 5.13 Å². The number of methoxy groups -OCH3 is 2. The number of para-hydroxylation sites is 1. The van der Waals surface area contributed by atoms with Crippen LogP contribution >= 0.6 is 11.3 Å². The van der Waals surface area contributed by atoms with E-state index in [2.05, 4.69) is 17.0 Å². The second-order valence-electron chi connectivity index (χ2n) is 4.57. The van der Waals surface area contributed by atoms with Crippen LogP contribution < -0.4 is 14.4 Å². The lowest BCUT2D eigenvalue weighted by atomic mass is 10.3. The third-order valence-electron chi connectivity index (χ3n) is 3.31. The summed E-state index contributed by atoms with van der Waals surface area (Å²) in [6, 6.07) is 14.0. The van der Waals surface area contributed by atoms with E-state index in [1.54, 1.807) is 25.6 Å². The Morgan fingerprint density at radius 3 is 2.48 bits per heavy atom. The Balaban J connectivity index is 2.08. The van der Waals surface area contributed by atoms with Crippen LogP contribution in [0.5, 0.6) is 11.5 Å². The molecule has 3 rings (SSSR count). The van der Waals surface area contributed by atoms with Crippen LogP contribution in [0.1, 0.15) is 0 Å². The molecule has 0 N–H and O–H groups in total. The van der Waals surface area contributed by atoms with Gasteiger partial charge in [-0.1, -0.05) is 29.5 Å². The van der Waals surface area contributed by atoms with Gasteiger partial charge in [-0.15, -0.1) is 0 Å². The lowest BCUT2D eigenvalue weighted by molar-refractivity contribution is 0.397. The van der Waals surface area contributed by atoms with Crippen molar-refractivity contribution in [1.82, 2.24) is 4.98 Å². The molecule has 3 aromatic rings. The molecule has 5 heteroatoms. The van der Waals surface area contributed by atoms with E-state index in [4.69, 9.17) is 14.5 Å². The second-order valence-corrected chi connectivity index (χ2v) is 5.58. The third kappa shape index (κ3) is 2.52. The van der Waals surface area contributed by atoms with Crippen molar-refractivity contribution in [2.45, 2.75) is 0 Å². The molecular weight excluding hydrogens is 284 g/mol. The summed E-state index contributed by atoms with van der Waals surface area (Å²) in [5.41, 5.74) is 1.96. The van der Waals surface area contributed by atoms with Gasteiger partial charge in [0.1, 0.15) is 17.0 Å². The molecule has 0 bridgehead atoms. The number of rotatable bonds is 4. The molecule has 0 unspecified atom stereocenters. The number of anilines is 2. The fourth-order valence-corrected chi connectivity index (χ4v) is 3.14. The number of hydrogen-bond donors (Lipinski definition) is 0. The number of thiazole rings is 1. The van der Waals surface area contributed by atoms with E-state index in [1.165, 1.54) is 0 Å². The largest absolute Gasteiger partial charge is 0.497 e. The van der Waals surface area contributed by atoms with Gasteiger partial charge in [0.25, 0.3) is 0 Å². The summed E-state index contributed by atoms with van der Waals surface area (Å²) in [7, 11) is 5.31. The molecule has 0 fully saturated rings. The number of ether oxygens (including phenoxy) is 2. The summed E-state index contributed by atoms with van der Waals surface area (Å²) >= 11 is 1.61. The number of benzene rings is 2. The van der Waals surface area contributed by atoms with Gasteiger partial charge in [-0.3, -0.25) is 0 Å². The van der Waals surface area contributed by atoms with Gasteiger partial charge < -0.3 is 14.4 Å². The topological polar surface area (TPSA) is 34.6 Å². The first kappa shape index (κ1) is 13.7. The molecule has 0 saturated carbocycles. The minimum Gasteiger partial charge on any atom is -0.497 e. The lowest BCUT2D eigenvalue weighted by Gasteiger charge is -2.15. The summed E-state index contributed by atoms with van der Waals surface area (Å²) in [4.78, 5) is 6.77. The molecule has 0 saturated heterocycles. The summed E-state index contributed by atoms with van der Waals surface area (Å²) in [5, 5.41) is 0.919. The maximum Gasteiger partial charge on any atom is 0.190 e. The molecule has 0 atom stereocenters. The number of nitrogens with zero attached hydrogens (tertiary/aromatic N) is 2. The molecule has 0 aliphatic carbocycles. The van der Waals surface area contributed by atoms with Crippen molar-refractivity contribution in [1.29, 1.82) is 0 Å². The first-order chi connectivity index (χ1) is 10.2. The van der Waals surface area contributed by atoms with Crippen molar-refractivity contribution in [2.24, 2.45) is 0 Å². The fourth-order valence-electron chi connectivity index (χ4n) is 2.14. The molecule has 0 radical (unpaired) electrons. The summed E-state index contributed by atoms with van der Waals surface area (Å²) in [5.74, 6) is 1.50. The highest BCUT2D eigenvalue weighted by Gasteiger charge is 2.14. The third-order valence-corrected chi connectivity index (χ3v) is 4.39. The monoisotopic (exact) mass is 300 g/mol. The molecule has 0 amide bonds. The fraction of sp³-hybridized carbons (Fsp3) is 0.188. The number of fused-ring (bicyclic) bond motifs is 1. The second kappa shape index (κ2) is 5.61. The maximum atomic E-state index is 5.41. The molecule has 1 heterocycles. The van der Waals surface area contributed by atoms with Gasteiger partial charge in [-0.05, 0) is 18.2 Å². The Labute approximate surface area is 127 Å². The van der Waals surface area contributed by atoms with Crippen LogP contribution in [0.4, 0.5) is 10.8 Å². The average Bonchev–Trinajstić information content (AvgIpc) is 2.97. The number of aromatic nitrogens is 1. The van der Waals surface area contributed by atoms with Crippen molar-refractivity contribution < 1.29 is 9.47 Å². The number of hydrogen-bond acceptors (Lipinski definition) is 5. The standard InChI is InChI=1S/C16H16N2O2S/c1-18(11-7-5-4-6-8-11)16-17-15-13(20-3)9-12(19-2)10-14(15)21-16/h4-10H,1-3H3. The highest BCUT2D eigenvalue weighted by Crippen LogP contribution is 2.38. The predicted molar refractivity (Wildman–Crippen MR) is 87.2 cm³/mol. The van der Waals surface area contributed by atoms with E-state index in [0.717, 1.165) is 32.5 Å². The molecule has 0 aliphatic rings. The van der Waals surface area contributed by atoms with E-state index < -0.39 is 0 Å². The van der Waals surface area contributed by atoms with Crippen LogP contribution in [0.25, 0.3) is 10.2 Å². The van der Waals surface area contributed by atoms with Gasteiger partial charge >= 0.3 is 0 Å². The van der Waals surface area contributed by atoms with Gasteiger partial charge in [-0.2, -0.15) is 0 Å². The molecule has 21 heavy (non-hydrogen) atoms. The SMILES string of the molecule is COc1cc(OC)c2nc(N(C)c3ccccc3)sc2c1. The van der Waals surface area contributed by atoms with Gasteiger partial charge in [0.2, 0.25) is 0 Å². The van der Waals surface area contributed by atoms with E-state index in [-0.39, 0.29) is 0 Å². The Bertz CT molecular complexity index is 756. The Morgan fingerprint density at radius 1 is 1.05 bits per heavy atom. The molecule has 1 aromatic heterocycles. The lowest BCUT2D eigenvalue weighted by Crippen LogP contribution is -2.08. The quantitative estimate of drug-likeness (QED) is 0.727. The van der Waals surface area contributed by atoms with Crippen LogP contribution in [-0.4, -0.2) is 26.3 Å². The molecule has 0 aliphatic heterocycles. The summed E-state index contributed by atoms with van der Waals surface area (Å²) in [6.45, 7) is 0. The van der Waals surface area contributed by atoms with Crippen LogP contribution in [-0.2, 0) is 0 Å². The van der Waals surface area contributed by atoms with E-state index in [1.807, 2.05) is 37.4 Å². The highest BCUT2D eigenvalue weighted by atomic mass is 32.1. The van der Waals surface area contributed by atoms with Crippen LogP contribution in [0.2, 0.25) is 0 Å². The van der Waals surface area contributed by atoms with E-state index in [9.17, 15) is 0 Å². The smallest absolute Gasteiger partial charge is 0.190 e. The molecule has 108 valence electrons. The normalized spacial score (nSPS) is 10.6. The van der Waals surface area contributed by atoms with Gasteiger partial charge in [0.05, 0.1) is 18.9 Å². The Hall–Kier alpha value is -2.27. The molecule has 2 aromatic carbocycles. The zero-order chi connectivity index (χ0) is 14.8. The Kier molecular flexibility index (Phi) is 3.66. The summed E-state index contributed by atoms with van der Waals surface area (Å²) < 4.78 is 11.8. The van der Waals surface area contributed by atoms with E-state index in [0.29, 0.717) is 0 Å². The minimum absolute atomic E-state index is 0.730. The zero-order valence-electron chi connectivity index (χ0n) is 12.2. The maximum absolute atomic E-state index is 5.41. The molecule has 4 nitrogen and oxygen atoms in total. The van der Waals surface area contributed by atoms with E-state index >= 15 is 0 Å². The van der Waals surface area contributed by atoms with Crippen LogP contribution in [0.15, 0.2) is 42.5 Å². The van der Waals surface area contributed by atoms with Crippen molar-refractivity contribution in [2.75, 3.05) is 26.2 Å². The first-order valence-electron chi connectivity index (χ1n) is 6.54. The zero-order valence-corrected chi connectivity index (χ0v) is 13.0. The molecular formula is C16H16N2O2S. The predicted octanol–water partition coefficient (Wildman–Crippen LogP) is 4.08. The summed E-state index contributed by atoms with van der Waals surface area (Å²) in [6.07, 6.45) is 0. The Morgan fingerprint density at radius 2 is 1.81 bits per heavy atom. The van der Waals surface area contributed by atoms with Crippen molar-refractivity contribution in [3.63, 3.8) is 0 Å². The van der Waals surface area contributed by atoms with Gasteiger partial charge in [-0.25, -0.2) is 4.98 Å². The van der Waals surface area contributed by atoms with Crippen LogP contribution in [0.3, 0.4) is 0 Å². The van der Waals surface area contributed by atoms with Crippen molar-refractivity contribution >= 4 is 32.4 Å². The molecule has 0 spiro atoms. The van der Waals surface area contributed by atoms with Crippen molar-refractivity contribution in [3.8, 4) is 11.5 Å². The minimum atomic E-state index is 0.730. The first-order valence-corrected chi connectivity index (χ1v) is 7.36. The highest BCUT2D eigenvalue weighted by molar-refractivity contribution is 7.22. The van der Waals surface area contributed by atoms with Gasteiger partial charge in [0, 0.05) is 18.8 Å². The average molecular weight is 300 g/mol. The van der Waals surface area contributed by atoms with Crippen LogP contribution in [0, 0.1) is 0 Å². The van der Waals surface area contributed by atoms with Crippen molar-refractivity contribution in [3.05, 3.63) is 42.5 Å².